The van der Waals surface area contributed by atoms with E-state index in [1.54, 1.807) is 7.05 Å². The van der Waals surface area contributed by atoms with Crippen LogP contribution in [0.4, 0.5) is 0 Å². The Labute approximate surface area is 122 Å². The van der Waals surface area contributed by atoms with Crippen molar-refractivity contribution in [2.45, 2.75) is 6.04 Å². The highest BCUT2D eigenvalue weighted by Crippen LogP contribution is 2.41. The number of rotatable bonds is 3. The zero-order valence-electron chi connectivity index (χ0n) is 12.1. The number of amides is 1. The number of likely N-dealkylation sites (tertiary alicyclic amines) is 1. The topological polar surface area (TPSA) is 72.9 Å². The molecule has 1 heterocycles. The molecule has 6 nitrogen and oxygen atoms in total. The molecule has 1 aromatic rings. The van der Waals surface area contributed by atoms with Gasteiger partial charge in [0.2, 0.25) is 5.91 Å². The van der Waals surface area contributed by atoms with Crippen LogP contribution in [-0.2, 0) is 23.9 Å². The second kappa shape index (κ2) is 5.95. The number of benzene rings is 1. The number of carbonyl (C=O) groups excluding carboxylic acids is 3. The van der Waals surface area contributed by atoms with Crippen molar-refractivity contribution in [3.63, 3.8) is 0 Å². The maximum absolute atomic E-state index is 12.3. The molecular weight excluding hydrogens is 274 g/mol. The van der Waals surface area contributed by atoms with Crippen LogP contribution in [0, 0.1) is 11.8 Å². The first-order valence-electron chi connectivity index (χ1n) is 6.50. The minimum absolute atomic E-state index is 0.439. The van der Waals surface area contributed by atoms with Gasteiger partial charge in [-0.25, -0.2) is 0 Å². The molecule has 0 N–H and O–H groups in total. The van der Waals surface area contributed by atoms with Crippen LogP contribution in [0.1, 0.15) is 11.6 Å². The fourth-order valence-electron chi connectivity index (χ4n) is 2.79. The molecule has 0 aliphatic carbocycles. The van der Waals surface area contributed by atoms with E-state index >= 15 is 0 Å². The summed E-state index contributed by atoms with van der Waals surface area (Å²) >= 11 is 0. The lowest BCUT2D eigenvalue weighted by Crippen LogP contribution is -2.33. The number of nitrogens with zero attached hydrogens (tertiary/aromatic N) is 1. The van der Waals surface area contributed by atoms with Gasteiger partial charge in [-0.05, 0) is 5.56 Å². The van der Waals surface area contributed by atoms with Crippen molar-refractivity contribution in [3.8, 4) is 0 Å². The molecule has 1 aliphatic rings. The smallest absolute Gasteiger partial charge is 0.319 e. The van der Waals surface area contributed by atoms with Gasteiger partial charge in [-0.2, -0.15) is 0 Å². The standard InChI is InChI=1S/C15H17NO5/c1-16-12(9-7-5-4-6-8-9)10(14(18)20-2)11(13(16)17)15(19)21-3/h4-8,10-12H,1-3H3/t10-,11-,12+/m1/s1. The van der Waals surface area contributed by atoms with Gasteiger partial charge in [0.05, 0.1) is 20.3 Å². The van der Waals surface area contributed by atoms with E-state index in [0.29, 0.717) is 0 Å². The van der Waals surface area contributed by atoms with E-state index in [9.17, 15) is 14.4 Å². The maximum atomic E-state index is 12.3. The first-order valence-corrected chi connectivity index (χ1v) is 6.50. The summed E-state index contributed by atoms with van der Waals surface area (Å²) in [5.74, 6) is -3.84. The van der Waals surface area contributed by atoms with E-state index in [1.807, 2.05) is 30.3 Å². The quantitative estimate of drug-likeness (QED) is 0.608. The van der Waals surface area contributed by atoms with E-state index in [1.165, 1.54) is 19.1 Å². The summed E-state index contributed by atoms with van der Waals surface area (Å²) in [4.78, 5) is 37.7. The lowest BCUT2D eigenvalue weighted by atomic mass is 9.86. The summed E-state index contributed by atoms with van der Waals surface area (Å²) in [7, 11) is 4.00. The van der Waals surface area contributed by atoms with E-state index in [2.05, 4.69) is 4.74 Å². The van der Waals surface area contributed by atoms with Crippen LogP contribution in [0.25, 0.3) is 0 Å². The molecule has 0 saturated carbocycles. The molecule has 0 spiro atoms. The summed E-state index contributed by atoms with van der Waals surface area (Å²) in [6.45, 7) is 0. The molecule has 21 heavy (non-hydrogen) atoms. The fourth-order valence-corrected chi connectivity index (χ4v) is 2.79. The summed E-state index contributed by atoms with van der Waals surface area (Å²) < 4.78 is 9.45. The summed E-state index contributed by atoms with van der Waals surface area (Å²) in [6, 6.07) is 8.54. The molecule has 1 aliphatic heterocycles. The third kappa shape index (κ3) is 2.49. The largest absolute Gasteiger partial charge is 0.469 e. The Hall–Kier alpha value is -2.37. The molecular formula is C15H17NO5. The highest BCUT2D eigenvalue weighted by molar-refractivity contribution is 6.04. The molecule has 0 unspecified atom stereocenters. The SMILES string of the molecule is COC(=O)[C@H]1C(=O)N(C)[C@@H](c2ccccc2)[C@@H]1C(=O)OC. The van der Waals surface area contributed by atoms with E-state index in [-0.39, 0.29) is 0 Å². The Bertz CT molecular complexity index is 556. The molecule has 0 radical (unpaired) electrons. The number of hydrogen-bond donors (Lipinski definition) is 0. The maximum Gasteiger partial charge on any atom is 0.319 e. The third-order valence-corrected chi connectivity index (χ3v) is 3.80. The Morgan fingerprint density at radius 3 is 2.14 bits per heavy atom. The van der Waals surface area contributed by atoms with Crippen molar-refractivity contribution in [2.24, 2.45) is 11.8 Å². The predicted molar refractivity (Wildman–Crippen MR) is 73.0 cm³/mol. The van der Waals surface area contributed by atoms with Gasteiger partial charge in [-0.3, -0.25) is 14.4 Å². The van der Waals surface area contributed by atoms with Crippen molar-refractivity contribution in [3.05, 3.63) is 35.9 Å². The molecule has 2 rings (SSSR count). The number of carbonyl (C=O) groups is 3. The van der Waals surface area contributed by atoms with Crippen LogP contribution >= 0.6 is 0 Å². The van der Waals surface area contributed by atoms with Gasteiger partial charge in [-0.15, -0.1) is 0 Å². The molecule has 6 heteroatoms. The molecule has 1 saturated heterocycles. The molecule has 112 valence electrons. The van der Waals surface area contributed by atoms with E-state index in [0.717, 1.165) is 5.56 Å². The van der Waals surface area contributed by atoms with Gasteiger partial charge < -0.3 is 14.4 Å². The van der Waals surface area contributed by atoms with Gasteiger partial charge in [-0.1, -0.05) is 30.3 Å². The van der Waals surface area contributed by atoms with Crippen LogP contribution in [0.3, 0.4) is 0 Å². The Morgan fingerprint density at radius 2 is 1.62 bits per heavy atom. The van der Waals surface area contributed by atoms with Crippen molar-refractivity contribution in [2.75, 3.05) is 21.3 Å². The van der Waals surface area contributed by atoms with Gasteiger partial charge >= 0.3 is 11.9 Å². The lowest BCUT2D eigenvalue weighted by molar-refractivity contribution is -0.158. The lowest BCUT2D eigenvalue weighted by Gasteiger charge is -2.24. The van der Waals surface area contributed by atoms with Crippen LogP contribution in [0.15, 0.2) is 30.3 Å². The second-order valence-electron chi connectivity index (χ2n) is 4.85. The molecule has 1 aromatic carbocycles. The van der Waals surface area contributed by atoms with Gasteiger partial charge in [0.15, 0.2) is 5.92 Å². The number of methoxy groups -OCH3 is 2. The predicted octanol–water partition coefficient (Wildman–Crippen LogP) is 0.778. The number of ether oxygens (including phenoxy) is 2. The van der Waals surface area contributed by atoms with Crippen LogP contribution in [0.5, 0.6) is 0 Å². The number of esters is 2. The van der Waals surface area contributed by atoms with Crippen molar-refractivity contribution in [1.29, 1.82) is 0 Å². The average Bonchev–Trinajstić information content (AvgIpc) is 2.78. The Morgan fingerprint density at radius 1 is 1.05 bits per heavy atom. The van der Waals surface area contributed by atoms with Crippen molar-refractivity contribution >= 4 is 17.8 Å². The van der Waals surface area contributed by atoms with Crippen LogP contribution < -0.4 is 0 Å². The Kier molecular flexibility index (Phi) is 4.26. The monoisotopic (exact) mass is 291 g/mol. The first kappa shape index (κ1) is 15.0. The van der Waals surface area contributed by atoms with Gasteiger partial charge in [0.25, 0.3) is 0 Å². The zero-order chi connectivity index (χ0) is 15.6. The second-order valence-corrected chi connectivity index (χ2v) is 4.85. The normalized spacial score (nSPS) is 24.8. The van der Waals surface area contributed by atoms with Crippen LogP contribution in [-0.4, -0.2) is 44.0 Å². The van der Waals surface area contributed by atoms with Crippen molar-refractivity contribution < 1.29 is 23.9 Å². The minimum Gasteiger partial charge on any atom is -0.469 e. The minimum atomic E-state index is -1.17. The molecule has 0 bridgehead atoms. The molecule has 1 fully saturated rings. The summed E-state index contributed by atoms with van der Waals surface area (Å²) in [5, 5.41) is 0. The highest BCUT2D eigenvalue weighted by Gasteiger charge is 2.55. The van der Waals surface area contributed by atoms with Crippen LogP contribution in [0.2, 0.25) is 0 Å². The highest BCUT2D eigenvalue weighted by atomic mass is 16.5. The third-order valence-electron chi connectivity index (χ3n) is 3.80. The summed E-state index contributed by atoms with van der Waals surface area (Å²) in [6.07, 6.45) is 0. The fraction of sp³-hybridized carbons (Fsp3) is 0.400. The van der Waals surface area contributed by atoms with Crippen molar-refractivity contribution in [1.82, 2.24) is 4.90 Å². The zero-order valence-corrected chi connectivity index (χ0v) is 12.1. The van der Waals surface area contributed by atoms with E-state index in [4.69, 9.17) is 4.74 Å². The Balaban J connectivity index is 2.49. The molecule has 0 aromatic heterocycles. The summed E-state index contributed by atoms with van der Waals surface area (Å²) in [5.41, 5.74) is 0.773. The van der Waals surface area contributed by atoms with Gasteiger partial charge in [0.1, 0.15) is 5.92 Å². The average molecular weight is 291 g/mol. The first-order chi connectivity index (χ1) is 10.0. The number of hydrogen-bond acceptors (Lipinski definition) is 5. The molecule has 3 atom stereocenters. The van der Waals surface area contributed by atoms with E-state index < -0.39 is 35.7 Å². The molecule has 1 amide bonds. The van der Waals surface area contributed by atoms with Gasteiger partial charge in [0, 0.05) is 7.05 Å².